The van der Waals surface area contributed by atoms with E-state index in [2.05, 4.69) is 10.0 Å². The summed E-state index contributed by atoms with van der Waals surface area (Å²) in [6, 6.07) is 7.54. The third-order valence-electron chi connectivity index (χ3n) is 6.18. The van der Waals surface area contributed by atoms with Crippen molar-refractivity contribution in [1.29, 1.82) is 0 Å². The van der Waals surface area contributed by atoms with E-state index < -0.39 is 14.8 Å². The average Bonchev–Trinajstić information content (AvgIpc) is 2.68. The fourth-order valence-electron chi connectivity index (χ4n) is 4.14. The van der Waals surface area contributed by atoms with Gasteiger partial charge >= 0.3 is 0 Å². The normalized spacial score (nSPS) is 23.7. The van der Waals surface area contributed by atoms with E-state index in [0.717, 1.165) is 24.3 Å². The van der Waals surface area contributed by atoms with Gasteiger partial charge in [0.2, 0.25) is 15.9 Å². The van der Waals surface area contributed by atoms with Gasteiger partial charge in [-0.1, -0.05) is 12.5 Å². The molecule has 0 saturated heterocycles. The van der Waals surface area contributed by atoms with Gasteiger partial charge in [-0.25, -0.2) is 13.1 Å². The maximum Gasteiger partial charge on any atom is 0.227 e. The fraction of sp³-hybridized carbons (Fsp3) is 0.696. The number of benzene rings is 1. The predicted molar refractivity (Wildman–Crippen MR) is 120 cm³/mol. The number of ether oxygens (including phenoxy) is 1. The average molecular weight is 437 g/mol. The highest BCUT2D eigenvalue weighted by molar-refractivity contribution is 7.90. The Hall–Kier alpha value is -1.60. The third-order valence-corrected chi connectivity index (χ3v) is 8.44. The lowest BCUT2D eigenvalue weighted by Crippen LogP contribution is -2.46. The van der Waals surface area contributed by atoms with Gasteiger partial charge in [0.05, 0.1) is 10.9 Å². The van der Waals surface area contributed by atoms with Gasteiger partial charge in [-0.3, -0.25) is 4.79 Å². The fourth-order valence-corrected chi connectivity index (χ4v) is 5.16. The lowest BCUT2D eigenvalue weighted by atomic mass is 9.86. The Morgan fingerprint density at radius 1 is 1.00 bits per heavy atom. The van der Waals surface area contributed by atoms with Crippen molar-refractivity contribution in [2.75, 3.05) is 5.32 Å². The van der Waals surface area contributed by atoms with Crippen molar-refractivity contribution in [3.63, 3.8) is 0 Å². The number of anilines is 1. The highest BCUT2D eigenvalue weighted by Crippen LogP contribution is 2.29. The summed E-state index contributed by atoms with van der Waals surface area (Å²) in [5.41, 5.74) is 0.754. The maximum atomic E-state index is 12.7. The number of hydrogen-bond donors (Lipinski definition) is 2. The van der Waals surface area contributed by atoms with Gasteiger partial charge in [-0.05, 0) is 84.3 Å². The Balaban J connectivity index is 1.49. The molecule has 7 heteroatoms. The molecular weight excluding hydrogens is 400 g/mol. The Labute approximate surface area is 181 Å². The van der Waals surface area contributed by atoms with Gasteiger partial charge in [0.1, 0.15) is 5.75 Å². The lowest BCUT2D eigenvalue weighted by Gasteiger charge is -2.30. The van der Waals surface area contributed by atoms with Crippen molar-refractivity contribution in [3.05, 3.63) is 24.3 Å². The number of sulfonamides is 1. The minimum atomic E-state index is -3.37. The molecule has 0 bridgehead atoms. The van der Waals surface area contributed by atoms with Crippen LogP contribution in [0.2, 0.25) is 0 Å². The first-order chi connectivity index (χ1) is 14.1. The van der Waals surface area contributed by atoms with Crippen LogP contribution in [-0.2, 0) is 14.8 Å². The molecule has 6 nitrogen and oxygen atoms in total. The molecule has 0 aliphatic heterocycles. The van der Waals surface area contributed by atoms with Gasteiger partial charge in [0.25, 0.3) is 0 Å². The molecule has 0 heterocycles. The van der Waals surface area contributed by atoms with E-state index >= 15 is 0 Å². The molecular formula is C23H36N2O4S. The molecule has 0 radical (unpaired) electrons. The minimum absolute atomic E-state index is 0.00180. The molecule has 2 fully saturated rings. The molecule has 2 aliphatic rings. The number of carbonyl (C=O) groups is 1. The van der Waals surface area contributed by atoms with E-state index in [9.17, 15) is 13.2 Å². The predicted octanol–water partition coefficient (Wildman–Crippen LogP) is 4.61. The molecule has 0 spiro atoms. The minimum Gasteiger partial charge on any atom is -0.490 e. The first-order valence-corrected chi connectivity index (χ1v) is 12.7. The summed E-state index contributed by atoms with van der Waals surface area (Å²) in [5.74, 6) is 0.713. The van der Waals surface area contributed by atoms with Crippen LogP contribution >= 0.6 is 0 Å². The van der Waals surface area contributed by atoms with Gasteiger partial charge < -0.3 is 10.1 Å². The van der Waals surface area contributed by atoms with Gasteiger partial charge in [0, 0.05) is 23.7 Å². The molecule has 2 aliphatic carbocycles. The van der Waals surface area contributed by atoms with E-state index in [4.69, 9.17) is 4.74 Å². The van der Waals surface area contributed by atoms with E-state index in [1.54, 1.807) is 20.8 Å². The summed E-state index contributed by atoms with van der Waals surface area (Å²) in [4.78, 5) is 12.7. The Morgan fingerprint density at radius 2 is 1.67 bits per heavy atom. The van der Waals surface area contributed by atoms with E-state index in [-0.39, 0.29) is 24.0 Å². The third kappa shape index (κ3) is 6.20. The van der Waals surface area contributed by atoms with Crippen molar-refractivity contribution in [1.82, 2.24) is 4.72 Å². The van der Waals surface area contributed by atoms with Crippen molar-refractivity contribution in [3.8, 4) is 5.75 Å². The topological polar surface area (TPSA) is 84.5 Å². The zero-order valence-corrected chi connectivity index (χ0v) is 19.3. The lowest BCUT2D eigenvalue weighted by molar-refractivity contribution is -0.120. The first-order valence-electron chi connectivity index (χ1n) is 11.2. The van der Waals surface area contributed by atoms with Crippen LogP contribution in [0.3, 0.4) is 0 Å². The number of amides is 1. The van der Waals surface area contributed by atoms with Crippen molar-refractivity contribution >= 4 is 21.6 Å². The van der Waals surface area contributed by atoms with Gasteiger partial charge in [-0.2, -0.15) is 0 Å². The second kappa shape index (κ2) is 9.69. The molecule has 2 N–H and O–H groups in total. The van der Waals surface area contributed by atoms with Crippen LogP contribution in [0.25, 0.3) is 0 Å². The molecule has 3 rings (SSSR count). The largest absolute Gasteiger partial charge is 0.490 e. The highest BCUT2D eigenvalue weighted by Gasteiger charge is 2.34. The molecule has 168 valence electrons. The number of rotatable bonds is 6. The summed E-state index contributed by atoms with van der Waals surface area (Å²) in [5, 5.41) is 3.02. The number of carbonyl (C=O) groups excluding carboxylic acids is 1. The Morgan fingerprint density at radius 3 is 2.30 bits per heavy atom. The summed E-state index contributed by atoms with van der Waals surface area (Å²) < 4.78 is 32.8. The zero-order chi connectivity index (χ0) is 21.8. The molecule has 0 unspecified atom stereocenters. The smallest absolute Gasteiger partial charge is 0.227 e. The summed E-state index contributed by atoms with van der Waals surface area (Å²) in [6.07, 6.45) is 8.91. The monoisotopic (exact) mass is 436 g/mol. The van der Waals surface area contributed by atoms with Crippen LogP contribution in [0.5, 0.6) is 5.75 Å². The summed E-state index contributed by atoms with van der Waals surface area (Å²) in [7, 11) is -3.37. The van der Waals surface area contributed by atoms with E-state index in [1.807, 2.05) is 24.3 Å². The van der Waals surface area contributed by atoms with Crippen LogP contribution in [0.15, 0.2) is 24.3 Å². The molecule has 2 saturated carbocycles. The van der Waals surface area contributed by atoms with Crippen LogP contribution in [0.4, 0.5) is 5.69 Å². The van der Waals surface area contributed by atoms with Gasteiger partial charge in [-0.15, -0.1) is 0 Å². The van der Waals surface area contributed by atoms with Crippen molar-refractivity contribution in [2.45, 2.75) is 95.5 Å². The molecule has 1 aromatic carbocycles. The SMILES string of the molecule is CC(C)(C)S(=O)(=O)NC1CCC(C(=O)Nc2cccc(OC3CCCCC3)c2)CC1. The van der Waals surface area contributed by atoms with E-state index in [1.165, 1.54) is 19.3 Å². The second-order valence-electron chi connectivity index (χ2n) is 9.68. The van der Waals surface area contributed by atoms with Crippen molar-refractivity contribution in [2.24, 2.45) is 5.92 Å². The van der Waals surface area contributed by atoms with Crippen molar-refractivity contribution < 1.29 is 17.9 Å². The van der Waals surface area contributed by atoms with Crippen LogP contribution < -0.4 is 14.8 Å². The molecule has 0 aromatic heterocycles. The van der Waals surface area contributed by atoms with Crippen LogP contribution in [0, 0.1) is 5.92 Å². The summed E-state index contributed by atoms with van der Waals surface area (Å²) >= 11 is 0. The second-order valence-corrected chi connectivity index (χ2v) is 12.1. The quantitative estimate of drug-likeness (QED) is 0.682. The standard InChI is InChI=1S/C23H36N2O4S/c1-23(2,3)30(27,28)25-18-14-12-17(13-15-18)22(26)24-19-8-7-11-21(16-19)29-20-9-5-4-6-10-20/h7-8,11,16-18,20,25H,4-6,9-10,12-15H2,1-3H3,(H,24,26). The summed E-state index contributed by atoms with van der Waals surface area (Å²) in [6.45, 7) is 5.08. The van der Waals surface area contributed by atoms with Crippen LogP contribution in [0.1, 0.15) is 78.6 Å². The number of nitrogens with one attached hydrogen (secondary N) is 2. The Kier molecular flexibility index (Phi) is 7.45. The Bertz CT molecular complexity index is 818. The number of hydrogen-bond acceptors (Lipinski definition) is 4. The highest BCUT2D eigenvalue weighted by atomic mass is 32.2. The zero-order valence-electron chi connectivity index (χ0n) is 18.4. The van der Waals surface area contributed by atoms with Crippen LogP contribution in [-0.4, -0.2) is 31.2 Å². The molecule has 1 aromatic rings. The maximum absolute atomic E-state index is 12.7. The first kappa shape index (κ1) is 23.1. The molecule has 30 heavy (non-hydrogen) atoms. The van der Waals surface area contributed by atoms with E-state index in [0.29, 0.717) is 25.7 Å². The molecule has 0 atom stereocenters. The van der Waals surface area contributed by atoms with Gasteiger partial charge in [0.15, 0.2) is 0 Å². The molecule has 1 amide bonds.